The molecule has 0 bridgehead atoms. The van der Waals surface area contributed by atoms with Crippen LogP contribution >= 0.6 is 0 Å². The second kappa shape index (κ2) is 41.5. The summed E-state index contributed by atoms with van der Waals surface area (Å²) in [5, 5.41) is 22.3. The highest BCUT2D eigenvalue weighted by Crippen LogP contribution is 2.50. The second-order valence-electron chi connectivity index (χ2n) is 38.0. The van der Waals surface area contributed by atoms with Gasteiger partial charge in [0, 0.05) is 107 Å². The van der Waals surface area contributed by atoms with Crippen molar-refractivity contribution in [3.8, 4) is 0 Å². The highest BCUT2D eigenvalue weighted by molar-refractivity contribution is 6.15. The molecule has 696 valence electrons. The predicted molar refractivity (Wildman–Crippen MR) is 621 cm³/mol. The molecule has 0 aromatic heterocycles. The van der Waals surface area contributed by atoms with Gasteiger partial charge in [-0.3, -0.25) is 0 Å². The molecule has 6 nitrogen and oxygen atoms in total. The summed E-state index contributed by atoms with van der Waals surface area (Å²) in [5.74, 6) is 1.59. The Kier molecular flexibility index (Phi) is 26.3. The maximum atomic E-state index is 2.41. The van der Waals surface area contributed by atoms with Crippen LogP contribution in [0.2, 0.25) is 0 Å². The normalized spacial score (nSPS) is 12.0. The van der Waals surface area contributed by atoms with Crippen LogP contribution in [0.1, 0.15) is 95.2 Å². The van der Waals surface area contributed by atoms with Gasteiger partial charge >= 0.3 is 0 Å². The zero-order chi connectivity index (χ0) is 97.4. The lowest BCUT2D eigenvalue weighted by Gasteiger charge is -2.30. The summed E-state index contributed by atoms with van der Waals surface area (Å²) in [6.45, 7) is 13.6. The van der Waals surface area contributed by atoms with Crippen molar-refractivity contribution in [2.45, 2.75) is 78.6 Å². The Hall–Kier alpha value is -17.6. The first-order valence-corrected chi connectivity index (χ1v) is 50.8. The van der Waals surface area contributed by atoms with Crippen LogP contribution < -0.4 is 29.4 Å². The first kappa shape index (κ1) is 91.5. The van der Waals surface area contributed by atoms with Gasteiger partial charge < -0.3 is 29.4 Å². The molecule has 0 saturated heterocycles. The average Bonchev–Trinajstić information content (AvgIpc) is 0.764. The first-order valence-electron chi connectivity index (χ1n) is 50.8. The lowest BCUT2D eigenvalue weighted by molar-refractivity contribution is 0.733. The fourth-order valence-corrected chi connectivity index (χ4v) is 20.6. The molecule has 0 heterocycles. The molecule has 3 unspecified atom stereocenters. The van der Waals surface area contributed by atoms with Crippen molar-refractivity contribution < 1.29 is 0 Å². The Morgan fingerprint density at radius 2 is 0.340 bits per heavy atom. The molecule has 0 aliphatic carbocycles. The van der Waals surface area contributed by atoms with Gasteiger partial charge in [-0.25, -0.2) is 0 Å². The molecule has 0 saturated carbocycles. The van der Waals surface area contributed by atoms with E-state index >= 15 is 0 Å². The lowest BCUT2D eigenvalue weighted by atomic mass is 9.98. The third-order valence-electron chi connectivity index (χ3n) is 29.0. The van der Waals surface area contributed by atoms with Crippen molar-refractivity contribution in [3.63, 3.8) is 0 Å². The lowest BCUT2D eigenvalue weighted by Crippen LogP contribution is -2.13. The van der Waals surface area contributed by atoms with Crippen molar-refractivity contribution in [2.24, 2.45) is 0 Å². The van der Waals surface area contributed by atoms with E-state index in [4.69, 9.17) is 0 Å². The van der Waals surface area contributed by atoms with Crippen molar-refractivity contribution >= 4 is 199 Å². The molecular weight excluding hydrogens is 1740 g/mol. The van der Waals surface area contributed by atoms with Crippen molar-refractivity contribution in [1.82, 2.24) is 0 Å². The highest BCUT2D eigenvalue weighted by atomic mass is 15.2. The molecule has 0 radical (unpaired) electrons. The standard InChI is InChI=1S/3C46H38N2/c1-3-33(2)34-21-24-40(25-22-34)47(43-26-23-35-13-7-8-14-36(35)32-43)41-27-29-42(30-28-41)48(39-17-5-4-6-18-39)46-44-19-11-9-15-37(44)31-38-16-10-12-20-45(38)46;1-3-33(2)34-20-23-41(24-21-34)47(44-25-22-35-12-7-8-14-37(35)31-44)42-26-28-43(29-27-42)48(40-17-5-4-6-18-40)46-19-11-16-39-30-36-13-9-10-15-38(36)32-45(39)46;1-3-33(2)34-17-21-42(22-18-34)48(45-23-19-35-11-7-8-14-38(35)31-45)44-27-25-43(26-28-44)47(41-15-5-4-6-16-41)46-24-20-39-29-36-12-9-10-13-37(36)30-40(39)32-46/h3*4-33H,3H2,1-2H3. The van der Waals surface area contributed by atoms with Gasteiger partial charge in [-0.1, -0.05) is 339 Å². The summed E-state index contributed by atoms with van der Waals surface area (Å²) < 4.78 is 0. The maximum Gasteiger partial charge on any atom is 0.0618 e. The molecule has 24 rings (SSSR count). The van der Waals surface area contributed by atoms with Gasteiger partial charge in [-0.15, -0.1) is 0 Å². The first-order chi connectivity index (χ1) is 71.0. The minimum absolute atomic E-state index is 0.529. The number of hydrogen-bond acceptors (Lipinski definition) is 6. The number of nitrogens with zero attached hydrogens (tertiary/aromatic N) is 6. The van der Waals surface area contributed by atoms with Crippen LogP contribution in [0.15, 0.2) is 528 Å². The van der Waals surface area contributed by atoms with Crippen molar-refractivity contribution in [3.05, 3.63) is 544 Å². The third kappa shape index (κ3) is 19.0. The van der Waals surface area contributed by atoms with Crippen LogP contribution in [0.4, 0.5) is 102 Å². The topological polar surface area (TPSA) is 19.4 Å². The number of para-hydroxylation sites is 3. The van der Waals surface area contributed by atoms with Gasteiger partial charge in [-0.05, 0) is 365 Å². The molecule has 0 amide bonds. The summed E-state index contributed by atoms with van der Waals surface area (Å²) in [6, 6.07) is 192. The number of benzene rings is 24. The van der Waals surface area contributed by atoms with Crippen LogP contribution in [0.25, 0.3) is 97.0 Å². The van der Waals surface area contributed by atoms with Crippen molar-refractivity contribution in [2.75, 3.05) is 29.4 Å². The Balaban J connectivity index is 0.000000123. The van der Waals surface area contributed by atoms with E-state index in [1.165, 1.54) is 119 Å². The predicted octanol–water partition coefficient (Wildman–Crippen LogP) is 40.8. The van der Waals surface area contributed by atoms with E-state index in [2.05, 4.69) is 599 Å². The molecular formula is C138H114N6. The molecule has 24 aromatic carbocycles. The third-order valence-corrected chi connectivity index (χ3v) is 29.0. The SMILES string of the molecule is CCC(C)c1ccc(N(c2ccc(N(c3ccccc3)c3c4ccccc4cc4ccccc34)cc2)c2ccc3ccccc3c2)cc1.CCC(C)c1ccc(N(c2ccc(N(c3ccccc3)c3ccc4cc5ccccc5cc4c3)cc2)c2ccc3ccccc3c2)cc1.CCC(C)c1ccc(N(c2ccc(N(c3ccccc3)c3cccc4cc5ccccc5cc34)cc2)c2ccc3ccccc3c2)cc1. The average molecular weight is 1860 g/mol. The van der Waals surface area contributed by atoms with Gasteiger partial charge in [0.05, 0.1) is 11.4 Å². The zero-order valence-corrected chi connectivity index (χ0v) is 82.3. The Morgan fingerprint density at radius 3 is 0.681 bits per heavy atom. The fourth-order valence-electron chi connectivity index (χ4n) is 20.6. The van der Waals surface area contributed by atoms with E-state index < -0.39 is 0 Å². The Morgan fingerprint density at radius 1 is 0.139 bits per heavy atom. The Bertz CT molecular complexity index is 8540. The van der Waals surface area contributed by atoms with Gasteiger partial charge in [0.1, 0.15) is 0 Å². The summed E-state index contributed by atoms with van der Waals surface area (Å²) in [7, 11) is 0. The van der Waals surface area contributed by atoms with Gasteiger partial charge in [0.15, 0.2) is 0 Å². The minimum Gasteiger partial charge on any atom is -0.310 e. The van der Waals surface area contributed by atoms with Gasteiger partial charge in [0.25, 0.3) is 0 Å². The largest absolute Gasteiger partial charge is 0.310 e. The molecule has 144 heavy (non-hydrogen) atoms. The van der Waals surface area contributed by atoms with Crippen molar-refractivity contribution in [1.29, 1.82) is 0 Å². The molecule has 24 aromatic rings. The van der Waals surface area contributed by atoms with E-state index in [0.717, 1.165) is 116 Å². The molecule has 0 fully saturated rings. The van der Waals surface area contributed by atoms with E-state index in [1.807, 2.05) is 0 Å². The summed E-state index contributed by atoms with van der Waals surface area (Å²) in [6.07, 6.45) is 3.38. The smallest absolute Gasteiger partial charge is 0.0618 e. The summed E-state index contributed by atoms with van der Waals surface area (Å²) in [5.41, 5.74) is 24.5. The molecule has 0 aliphatic rings. The quantitative estimate of drug-likeness (QED) is 0.0558. The van der Waals surface area contributed by atoms with Gasteiger partial charge in [0.2, 0.25) is 0 Å². The van der Waals surface area contributed by atoms with Crippen LogP contribution in [-0.2, 0) is 0 Å². The molecule has 0 aliphatic heterocycles. The second-order valence-corrected chi connectivity index (χ2v) is 38.0. The maximum absolute atomic E-state index is 2.41. The van der Waals surface area contributed by atoms with Crippen LogP contribution in [-0.4, -0.2) is 0 Å². The molecule has 0 N–H and O–H groups in total. The molecule has 6 heteroatoms. The van der Waals surface area contributed by atoms with E-state index in [9.17, 15) is 0 Å². The number of fused-ring (bicyclic) bond motifs is 9. The number of anilines is 18. The minimum atomic E-state index is 0.529. The number of hydrogen-bond donors (Lipinski definition) is 0. The highest BCUT2D eigenvalue weighted by Gasteiger charge is 2.26. The Labute approximate surface area is 845 Å². The summed E-state index contributed by atoms with van der Waals surface area (Å²) >= 11 is 0. The van der Waals surface area contributed by atoms with Gasteiger partial charge in [-0.2, -0.15) is 0 Å². The molecule has 0 spiro atoms. The van der Waals surface area contributed by atoms with Crippen LogP contribution in [0, 0.1) is 0 Å². The molecule has 3 atom stereocenters. The van der Waals surface area contributed by atoms with Crippen LogP contribution in [0.3, 0.4) is 0 Å². The van der Waals surface area contributed by atoms with E-state index in [0.29, 0.717) is 17.8 Å². The fraction of sp³-hybridized carbons (Fsp3) is 0.0870. The monoisotopic (exact) mass is 1850 g/mol. The van der Waals surface area contributed by atoms with E-state index in [-0.39, 0.29) is 0 Å². The van der Waals surface area contributed by atoms with Crippen LogP contribution in [0.5, 0.6) is 0 Å². The summed E-state index contributed by atoms with van der Waals surface area (Å²) in [4.78, 5) is 14.2. The zero-order valence-electron chi connectivity index (χ0n) is 82.3. The number of rotatable bonds is 24. The van der Waals surface area contributed by atoms with E-state index in [1.54, 1.807) is 0 Å².